The van der Waals surface area contributed by atoms with Gasteiger partial charge in [0.25, 0.3) is 0 Å². The highest BCUT2D eigenvalue weighted by molar-refractivity contribution is 7.98. The van der Waals surface area contributed by atoms with Gasteiger partial charge in [-0.05, 0) is 43.4 Å². The summed E-state index contributed by atoms with van der Waals surface area (Å²) >= 11 is 1.64. The molecule has 19 heavy (non-hydrogen) atoms. The zero-order valence-electron chi connectivity index (χ0n) is 10.8. The van der Waals surface area contributed by atoms with Crippen molar-refractivity contribution in [1.82, 2.24) is 5.32 Å². The molecule has 0 bridgehead atoms. The lowest BCUT2D eigenvalue weighted by molar-refractivity contribution is -0.137. The van der Waals surface area contributed by atoms with Crippen LogP contribution in [0.5, 0.6) is 0 Å². The van der Waals surface area contributed by atoms with Gasteiger partial charge in [-0.2, -0.15) is 0 Å². The monoisotopic (exact) mass is 282 g/mol. The number of hydrogen-bond donors (Lipinski definition) is 3. The number of anilines is 1. The van der Waals surface area contributed by atoms with E-state index >= 15 is 0 Å². The number of nitrogens with one attached hydrogen (secondary N) is 2. The van der Waals surface area contributed by atoms with Gasteiger partial charge < -0.3 is 15.7 Å². The Morgan fingerprint density at radius 3 is 2.47 bits per heavy atom. The van der Waals surface area contributed by atoms with Gasteiger partial charge >= 0.3 is 12.0 Å². The van der Waals surface area contributed by atoms with Gasteiger partial charge in [-0.25, -0.2) is 4.79 Å². The second-order valence-corrected chi connectivity index (χ2v) is 4.84. The number of benzene rings is 1. The second-order valence-electron chi connectivity index (χ2n) is 3.96. The Balaban J connectivity index is 2.21. The standard InChI is InChI=1S/C13H18N2O3S/c1-19-11-7-5-10(6-8-11)15-13(18)14-9-3-2-4-12(16)17/h5-8H,2-4,9H2,1H3,(H,16,17)(H2,14,15,18). The number of thioether (sulfide) groups is 1. The summed E-state index contributed by atoms with van der Waals surface area (Å²) in [6.07, 6.45) is 3.36. The Kier molecular flexibility index (Phi) is 6.81. The number of carboxylic acid groups (broad SMARTS) is 1. The van der Waals surface area contributed by atoms with Crippen LogP contribution in [-0.2, 0) is 4.79 Å². The minimum atomic E-state index is -0.807. The fourth-order valence-corrected chi connectivity index (χ4v) is 1.86. The first-order valence-electron chi connectivity index (χ1n) is 6.02. The number of carbonyl (C=O) groups is 2. The summed E-state index contributed by atoms with van der Waals surface area (Å²) in [5, 5.41) is 13.9. The van der Waals surface area contributed by atoms with Crippen molar-refractivity contribution in [3.63, 3.8) is 0 Å². The van der Waals surface area contributed by atoms with Crippen molar-refractivity contribution in [3.05, 3.63) is 24.3 Å². The Hall–Kier alpha value is -1.69. The van der Waals surface area contributed by atoms with Crippen LogP contribution in [0.15, 0.2) is 29.2 Å². The Morgan fingerprint density at radius 2 is 1.89 bits per heavy atom. The van der Waals surface area contributed by atoms with Crippen LogP contribution in [-0.4, -0.2) is 29.9 Å². The van der Waals surface area contributed by atoms with E-state index in [-0.39, 0.29) is 12.5 Å². The summed E-state index contributed by atoms with van der Waals surface area (Å²) in [5.74, 6) is -0.807. The molecule has 0 radical (unpaired) electrons. The van der Waals surface area contributed by atoms with E-state index in [4.69, 9.17) is 5.11 Å². The fourth-order valence-electron chi connectivity index (χ4n) is 1.45. The quantitative estimate of drug-likeness (QED) is 0.531. The van der Waals surface area contributed by atoms with E-state index in [0.717, 1.165) is 10.6 Å². The molecule has 0 aromatic heterocycles. The molecule has 0 heterocycles. The third-order valence-corrected chi connectivity index (χ3v) is 3.19. The third-order valence-electron chi connectivity index (χ3n) is 2.45. The van der Waals surface area contributed by atoms with Gasteiger partial charge in [0, 0.05) is 23.5 Å². The van der Waals surface area contributed by atoms with Gasteiger partial charge in [-0.15, -0.1) is 11.8 Å². The van der Waals surface area contributed by atoms with Crippen molar-refractivity contribution in [2.24, 2.45) is 0 Å². The average molecular weight is 282 g/mol. The molecule has 1 rings (SSSR count). The topological polar surface area (TPSA) is 78.4 Å². The molecule has 0 spiro atoms. The molecule has 0 aliphatic rings. The van der Waals surface area contributed by atoms with Crippen molar-refractivity contribution in [2.45, 2.75) is 24.2 Å². The average Bonchev–Trinajstić information content (AvgIpc) is 2.39. The Morgan fingerprint density at radius 1 is 1.21 bits per heavy atom. The summed E-state index contributed by atoms with van der Waals surface area (Å²) in [7, 11) is 0. The lowest BCUT2D eigenvalue weighted by atomic mass is 10.2. The number of rotatable bonds is 7. The zero-order chi connectivity index (χ0) is 14.1. The first-order chi connectivity index (χ1) is 9.11. The van der Waals surface area contributed by atoms with E-state index in [1.807, 2.05) is 30.5 Å². The molecule has 0 fully saturated rings. The number of unbranched alkanes of at least 4 members (excludes halogenated alkanes) is 1. The van der Waals surface area contributed by atoms with Gasteiger partial charge in [-0.3, -0.25) is 4.79 Å². The predicted molar refractivity (Wildman–Crippen MR) is 76.7 cm³/mol. The van der Waals surface area contributed by atoms with E-state index in [1.165, 1.54) is 0 Å². The van der Waals surface area contributed by atoms with Gasteiger partial charge in [0.15, 0.2) is 0 Å². The van der Waals surface area contributed by atoms with Gasteiger partial charge in [-0.1, -0.05) is 0 Å². The first-order valence-corrected chi connectivity index (χ1v) is 7.25. The SMILES string of the molecule is CSc1ccc(NC(=O)NCCCCC(=O)O)cc1. The summed E-state index contributed by atoms with van der Waals surface area (Å²) in [6.45, 7) is 0.474. The molecule has 0 unspecified atom stereocenters. The smallest absolute Gasteiger partial charge is 0.319 e. The van der Waals surface area contributed by atoms with E-state index in [9.17, 15) is 9.59 Å². The molecule has 3 N–H and O–H groups in total. The van der Waals surface area contributed by atoms with Gasteiger partial charge in [0.1, 0.15) is 0 Å². The van der Waals surface area contributed by atoms with Gasteiger partial charge in [0.05, 0.1) is 0 Å². The molecule has 0 atom stereocenters. The molecular weight excluding hydrogens is 264 g/mol. The maximum absolute atomic E-state index is 11.5. The van der Waals surface area contributed by atoms with Crippen molar-refractivity contribution in [3.8, 4) is 0 Å². The van der Waals surface area contributed by atoms with Crippen molar-refractivity contribution < 1.29 is 14.7 Å². The van der Waals surface area contributed by atoms with Crippen LogP contribution in [0.4, 0.5) is 10.5 Å². The highest BCUT2D eigenvalue weighted by atomic mass is 32.2. The van der Waals surface area contributed by atoms with Crippen molar-refractivity contribution in [1.29, 1.82) is 0 Å². The van der Waals surface area contributed by atoms with Crippen LogP contribution >= 0.6 is 11.8 Å². The van der Waals surface area contributed by atoms with Crippen LogP contribution in [0.3, 0.4) is 0 Å². The van der Waals surface area contributed by atoms with Crippen LogP contribution in [0, 0.1) is 0 Å². The highest BCUT2D eigenvalue weighted by Gasteiger charge is 2.01. The van der Waals surface area contributed by atoms with E-state index in [1.54, 1.807) is 11.8 Å². The number of carboxylic acids is 1. The summed E-state index contributed by atoms with van der Waals surface area (Å²) < 4.78 is 0. The lowest BCUT2D eigenvalue weighted by Gasteiger charge is -2.07. The fraction of sp³-hybridized carbons (Fsp3) is 0.385. The first kappa shape index (κ1) is 15.4. The van der Waals surface area contributed by atoms with E-state index in [0.29, 0.717) is 19.4 Å². The summed E-state index contributed by atoms with van der Waals surface area (Å²) in [5.41, 5.74) is 0.737. The largest absolute Gasteiger partial charge is 0.481 e. The molecule has 1 aromatic rings. The Labute approximate surface area is 116 Å². The highest BCUT2D eigenvalue weighted by Crippen LogP contribution is 2.17. The minimum Gasteiger partial charge on any atom is -0.481 e. The molecule has 0 saturated heterocycles. The molecule has 0 aliphatic heterocycles. The number of urea groups is 1. The Bertz CT molecular complexity index is 420. The van der Waals surface area contributed by atoms with Crippen LogP contribution in [0.2, 0.25) is 0 Å². The number of hydrogen-bond acceptors (Lipinski definition) is 3. The summed E-state index contributed by atoms with van der Waals surface area (Å²) in [6, 6.07) is 7.29. The lowest BCUT2D eigenvalue weighted by Crippen LogP contribution is -2.29. The third kappa shape index (κ3) is 6.71. The van der Waals surface area contributed by atoms with E-state index < -0.39 is 5.97 Å². The molecule has 0 aliphatic carbocycles. The van der Waals surface area contributed by atoms with Crippen LogP contribution in [0.1, 0.15) is 19.3 Å². The van der Waals surface area contributed by atoms with Gasteiger partial charge in [0.2, 0.25) is 0 Å². The predicted octanol–water partition coefficient (Wildman–Crippen LogP) is 2.78. The maximum Gasteiger partial charge on any atom is 0.319 e. The zero-order valence-corrected chi connectivity index (χ0v) is 11.6. The molecular formula is C13H18N2O3S. The second kappa shape index (κ2) is 8.42. The van der Waals surface area contributed by atoms with Crippen LogP contribution < -0.4 is 10.6 Å². The molecule has 6 heteroatoms. The summed E-state index contributed by atoms with van der Waals surface area (Å²) in [4.78, 5) is 22.9. The minimum absolute atomic E-state index is 0.138. The van der Waals surface area contributed by atoms with Crippen LogP contribution in [0.25, 0.3) is 0 Å². The van der Waals surface area contributed by atoms with Crippen molar-refractivity contribution >= 4 is 29.4 Å². The molecule has 0 saturated carbocycles. The molecule has 104 valence electrons. The number of aliphatic carboxylic acids is 1. The van der Waals surface area contributed by atoms with Crippen molar-refractivity contribution in [2.75, 3.05) is 18.1 Å². The number of carbonyl (C=O) groups excluding carboxylic acids is 1. The molecule has 1 aromatic carbocycles. The number of amides is 2. The molecule has 2 amide bonds. The maximum atomic E-state index is 11.5. The normalized spacial score (nSPS) is 9.95. The molecule has 5 nitrogen and oxygen atoms in total. The van der Waals surface area contributed by atoms with E-state index in [2.05, 4.69) is 10.6 Å².